The number of fused-ring (bicyclic) bond motifs is 1. The van der Waals surface area contributed by atoms with Crippen LogP contribution in [0, 0.1) is 12.8 Å². The number of allylic oxidation sites excluding steroid dienone is 3. The summed E-state index contributed by atoms with van der Waals surface area (Å²) in [6, 6.07) is 9.75. The van der Waals surface area contributed by atoms with Crippen molar-refractivity contribution in [1.29, 1.82) is 0 Å². The van der Waals surface area contributed by atoms with Crippen LogP contribution in [0.2, 0.25) is 0 Å². The van der Waals surface area contributed by atoms with Crippen molar-refractivity contribution >= 4 is 28.7 Å². The third-order valence-corrected chi connectivity index (χ3v) is 7.27. The SMILES string of the molecule is CCOC(=O)C1=C(c2ccc(-n3c(C)nc4cnccc43)cc2)NC(C)=C(C(=O)O)C1C=C1CCCCC1. The van der Waals surface area contributed by atoms with Crippen molar-refractivity contribution in [3.05, 3.63) is 82.6 Å². The molecule has 0 saturated heterocycles. The molecule has 2 N–H and O–H groups in total. The van der Waals surface area contributed by atoms with Gasteiger partial charge in [0.1, 0.15) is 11.3 Å². The number of aromatic nitrogens is 3. The molecule has 0 radical (unpaired) electrons. The number of imidazole rings is 1. The Morgan fingerprint density at radius 1 is 1.11 bits per heavy atom. The molecule has 3 heterocycles. The molecule has 0 bridgehead atoms. The molecule has 1 atom stereocenters. The first-order valence-electron chi connectivity index (χ1n) is 13.1. The molecular formula is C30H32N4O4. The van der Waals surface area contributed by atoms with Gasteiger partial charge in [-0.15, -0.1) is 0 Å². The molecule has 196 valence electrons. The van der Waals surface area contributed by atoms with Crippen LogP contribution < -0.4 is 5.32 Å². The summed E-state index contributed by atoms with van der Waals surface area (Å²) in [5.41, 5.74) is 6.27. The van der Waals surface area contributed by atoms with Gasteiger partial charge in [0.2, 0.25) is 0 Å². The van der Waals surface area contributed by atoms with E-state index in [1.807, 2.05) is 43.3 Å². The van der Waals surface area contributed by atoms with Crippen LogP contribution in [-0.4, -0.2) is 38.2 Å². The number of carbonyl (C=O) groups is 2. The molecule has 2 aliphatic rings. The lowest BCUT2D eigenvalue weighted by Gasteiger charge is -2.30. The van der Waals surface area contributed by atoms with Gasteiger partial charge in [-0.05, 0) is 70.2 Å². The highest BCUT2D eigenvalue weighted by Crippen LogP contribution is 2.38. The van der Waals surface area contributed by atoms with Crippen molar-refractivity contribution in [1.82, 2.24) is 19.9 Å². The average Bonchev–Trinajstić information content (AvgIpc) is 3.24. The Balaban J connectivity index is 1.62. The third-order valence-electron chi connectivity index (χ3n) is 7.27. The Kier molecular flexibility index (Phi) is 7.13. The number of hydrogen-bond acceptors (Lipinski definition) is 6. The van der Waals surface area contributed by atoms with Crippen LogP contribution in [0.3, 0.4) is 0 Å². The summed E-state index contributed by atoms with van der Waals surface area (Å²) < 4.78 is 7.52. The van der Waals surface area contributed by atoms with Gasteiger partial charge < -0.3 is 15.2 Å². The quantitative estimate of drug-likeness (QED) is 0.333. The maximum atomic E-state index is 13.4. The van der Waals surface area contributed by atoms with Crippen molar-refractivity contribution in [2.24, 2.45) is 5.92 Å². The van der Waals surface area contributed by atoms with Crippen LogP contribution in [0.5, 0.6) is 0 Å². The summed E-state index contributed by atoms with van der Waals surface area (Å²) in [6.45, 7) is 5.65. The molecule has 1 aromatic carbocycles. The molecule has 1 aliphatic heterocycles. The fourth-order valence-corrected chi connectivity index (χ4v) is 5.54. The summed E-state index contributed by atoms with van der Waals surface area (Å²) in [5.74, 6) is -1.40. The lowest BCUT2D eigenvalue weighted by atomic mass is 9.80. The van der Waals surface area contributed by atoms with E-state index in [0.717, 1.165) is 53.8 Å². The number of ether oxygens (including phenoxy) is 1. The second-order valence-corrected chi connectivity index (χ2v) is 9.75. The lowest BCUT2D eigenvalue weighted by Crippen LogP contribution is -2.32. The van der Waals surface area contributed by atoms with Gasteiger partial charge >= 0.3 is 11.9 Å². The number of dihydropyridines is 1. The highest BCUT2D eigenvalue weighted by Gasteiger charge is 2.37. The molecule has 1 fully saturated rings. The van der Waals surface area contributed by atoms with Crippen molar-refractivity contribution in [2.75, 3.05) is 6.61 Å². The monoisotopic (exact) mass is 512 g/mol. The third kappa shape index (κ3) is 4.74. The van der Waals surface area contributed by atoms with Crippen molar-refractivity contribution in [3.63, 3.8) is 0 Å². The van der Waals surface area contributed by atoms with E-state index in [-0.39, 0.29) is 12.2 Å². The number of carboxylic acid groups (broad SMARTS) is 1. The number of nitrogens with one attached hydrogen (secondary N) is 1. The summed E-state index contributed by atoms with van der Waals surface area (Å²) >= 11 is 0. The van der Waals surface area contributed by atoms with Crippen molar-refractivity contribution in [3.8, 4) is 5.69 Å². The largest absolute Gasteiger partial charge is 0.478 e. The minimum atomic E-state index is -1.04. The molecule has 0 amide bonds. The summed E-state index contributed by atoms with van der Waals surface area (Å²) in [5, 5.41) is 13.4. The maximum absolute atomic E-state index is 13.4. The number of nitrogens with zero attached hydrogens (tertiary/aromatic N) is 3. The van der Waals surface area contributed by atoms with Crippen molar-refractivity contribution in [2.45, 2.75) is 52.9 Å². The number of aryl methyl sites for hydroxylation is 1. The molecule has 5 rings (SSSR count). The zero-order chi connectivity index (χ0) is 26.8. The number of aliphatic carboxylic acids is 1. The topological polar surface area (TPSA) is 106 Å². The highest BCUT2D eigenvalue weighted by atomic mass is 16.5. The van der Waals surface area contributed by atoms with E-state index in [4.69, 9.17) is 4.74 Å². The van der Waals surface area contributed by atoms with E-state index in [2.05, 4.69) is 19.9 Å². The van der Waals surface area contributed by atoms with E-state index in [1.165, 1.54) is 12.0 Å². The zero-order valence-corrected chi connectivity index (χ0v) is 22.0. The summed E-state index contributed by atoms with van der Waals surface area (Å²) in [7, 11) is 0. The van der Waals surface area contributed by atoms with Gasteiger partial charge in [0.25, 0.3) is 0 Å². The van der Waals surface area contributed by atoms with Gasteiger partial charge in [0.15, 0.2) is 0 Å². The summed E-state index contributed by atoms with van der Waals surface area (Å²) in [4.78, 5) is 34.5. The van der Waals surface area contributed by atoms with Gasteiger partial charge in [0.05, 0.1) is 35.2 Å². The number of benzene rings is 1. The van der Waals surface area contributed by atoms with E-state index in [0.29, 0.717) is 17.0 Å². The lowest BCUT2D eigenvalue weighted by molar-refractivity contribution is -0.138. The Bertz CT molecular complexity index is 1490. The molecule has 3 aromatic rings. The highest BCUT2D eigenvalue weighted by molar-refractivity contribution is 6.04. The van der Waals surface area contributed by atoms with Crippen LogP contribution >= 0.6 is 0 Å². The smallest absolute Gasteiger partial charge is 0.337 e. The Labute approximate surface area is 221 Å². The van der Waals surface area contributed by atoms with Gasteiger partial charge in [-0.25, -0.2) is 14.6 Å². The number of carbonyl (C=O) groups excluding carboxylic acids is 1. The zero-order valence-electron chi connectivity index (χ0n) is 22.0. The van der Waals surface area contributed by atoms with Crippen molar-refractivity contribution < 1.29 is 19.4 Å². The van der Waals surface area contributed by atoms with E-state index >= 15 is 0 Å². The number of carboxylic acids is 1. The first kappa shape index (κ1) is 25.4. The van der Waals surface area contributed by atoms with Crippen LogP contribution in [0.1, 0.15) is 57.3 Å². The first-order chi connectivity index (χ1) is 18.4. The molecular weight excluding hydrogens is 480 g/mol. The number of pyridine rings is 1. The second kappa shape index (κ2) is 10.7. The Morgan fingerprint density at radius 2 is 1.84 bits per heavy atom. The van der Waals surface area contributed by atoms with Crippen LogP contribution in [0.25, 0.3) is 22.4 Å². The second-order valence-electron chi connectivity index (χ2n) is 9.75. The average molecular weight is 513 g/mol. The van der Waals surface area contributed by atoms with Crippen LogP contribution in [0.4, 0.5) is 0 Å². The standard InChI is InChI=1S/C30H32N4O4/c1-4-38-30(37)27-23(16-20-8-6-5-7-9-20)26(29(35)36)18(2)32-28(27)21-10-12-22(13-11-21)34-19(3)33-24-17-31-15-14-25(24)34/h10-17,23,32H,4-9H2,1-3H3,(H,35,36). The fraction of sp³-hybridized carbons (Fsp3) is 0.333. The number of hydrogen-bond donors (Lipinski definition) is 2. The fourth-order valence-electron chi connectivity index (χ4n) is 5.54. The Hall–Kier alpha value is -4.20. The first-order valence-corrected chi connectivity index (χ1v) is 13.1. The van der Waals surface area contributed by atoms with Crippen LogP contribution in [-0.2, 0) is 14.3 Å². The van der Waals surface area contributed by atoms with Crippen LogP contribution in [0.15, 0.2) is 71.2 Å². The normalized spacial score (nSPS) is 18.0. The number of esters is 1. The summed E-state index contributed by atoms with van der Waals surface area (Å²) in [6.07, 6.45) is 10.6. The predicted molar refractivity (Wildman–Crippen MR) is 145 cm³/mol. The molecule has 8 nitrogen and oxygen atoms in total. The molecule has 2 aromatic heterocycles. The Morgan fingerprint density at radius 3 is 2.53 bits per heavy atom. The van der Waals surface area contributed by atoms with Gasteiger partial charge in [-0.3, -0.25) is 9.55 Å². The van der Waals surface area contributed by atoms with E-state index < -0.39 is 17.9 Å². The maximum Gasteiger partial charge on any atom is 0.337 e. The van der Waals surface area contributed by atoms with E-state index in [9.17, 15) is 14.7 Å². The minimum absolute atomic E-state index is 0.181. The molecule has 8 heteroatoms. The number of rotatable bonds is 6. The molecule has 1 unspecified atom stereocenters. The van der Waals surface area contributed by atoms with Gasteiger partial charge in [-0.2, -0.15) is 0 Å². The predicted octanol–water partition coefficient (Wildman–Crippen LogP) is 5.47. The van der Waals surface area contributed by atoms with Gasteiger partial charge in [-0.1, -0.05) is 30.2 Å². The van der Waals surface area contributed by atoms with Gasteiger partial charge in [0, 0.05) is 23.5 Å². The molecule has 38 heavy (non-hydrogen) atoms. The molecule has 0 spiro atoms. The molecule has 1 aliphatic carbocycles. The van der Waals surface area contributed by atoms with E-state index in [1.54, 1.807) is 26.2 Å². The molecule has 1 saturated carbocycles. The minimum Gasteiger partial charge on any atom is -0.478 e.